The van der Waals surface area contributed by atoms with E-state index in [2.05, 4.69) is 5.32 Å². The first-order chi connectivity index (χ1) is 8.99. The summed E-state index contributed by atoms with van der Waals surface area (Å²) in [6, 6.07) is 5.46. The van der Waals surface area contributed by atoms with Crippen molar-refractivity contribution in [3.63, 3.8) is 0 Å². The molecule has 6 heteroatoms. The van der Waals surface area contributed by atoms with Crippen molar-refractivity contribution in [3.8, 4) is 0 Å². The Morgan fingerprint density at radius 2 is 2.21 bits per heavy atom. The van der Waals surface area contributed by atoms with Gasteiger partial charge in [0.05, 0.1) is 4.92 Å². The Bertz CT molecular complexity index is 499. The van der Waals surface area contributed by atoms with Gasteiger partial charge in [0.25, 0.3) is 5.69 Å². The van der Waals surface area contributed by atoms with Gasteiger partial charge in [-0.1, -0.05) is 12.1 Å². The van der Waals surface area contributed by atoms with Gasteiger partial charge in [0.2, 0.25) is 0 Å². The van der Waals surface area contributed by atoms with E-state index in [1.54, 1.807) is 12.1 Å². The van der Waals surface area contributed by atoms with E-state index in [4.69, 9.17) is 5.11 Å². The molecule has 2 rings (SSSR count). The molecule has 19 heavy (non-hydrogen) atoms. The predicted octanol–water partition coefficient (Wildman–Crippen LogP) is 2.11. The molecule has 0 amide bonds. The van der Waals surface area contributed by atoms with E-state index in [0.717, 1.165) is 18.4 Å². The highest BCUT2D eigenvalue weighted by molar-refractivity contribution is 5.74. The zero-order valence-electron chi connectivity index (χ0n) is 10.6. The molecule has 1 aromatic carbocycles. The van der Waals surface area contributed by atoms with Crippen molar-refractivity contribution in [2.75, 3.05) is 0 Å². The van der Waals surface area contributed by atoms with E-state index in [9.17, 15) is 14.9 Å². The standard InChI is InChI=1S/C13H16N2O4/c1-8(14-12(13(16)17)9-5-6-9)10-3-2-4-11(7-10)15(18)19/h2-4,7-9,12,14H,5-6H2,1H3,(H,16,17). The van der Waals surface area contributed by atoms with Crippen LogP contribution < -0.4 is 5.32 Å². The van der Waals surface area contributed by atoms with Crippen LogP contribution in [0.5, 0.6) is 0 Å². The van der Waals surface area contributed by atoms with Crippen LogP contribution in [0.15, 0.2) is 24.3 Å². The molecule has 102 valence electrons. The van der Waals surface area contributed by atoms with Crippen molar-refractivity contribution < 1.29 is 14.8 Å². The Hall–Kier alpha value is -1.95. The molecular weight excluding hydrogens is 248 g/mol. The van der Waals surface area contributed by atoms with Gasteiger partial charge in [0.1, 0.15) is 6.04 Å². The second-order valence-corrected chi connectivity index (χ2v) is 4.89. The highest BCUT2D eigenvalue weighted by Gasteiger charge is 2.36. The van der Waals surface area contributed by atoms with E-state index >= 15 is 0 Å². The van der Waals surface area contributed by atoms with Gasteiger partial charge in [0.15, 0.2) is 0 Å². The van der Waals surface area contributed by atoms with Gasteiger partial charge in [-0.2, -0.15) is 0 Å². The van der Waals surface area contributed by atoms with Crippen LogP contribution in [-0.2, 0) is 4.79 Å². The summed E-state index contributed by atoms with van der Waals surface area (Å²) in [4.78, 5) is 21.4. The smallest absolute Gasteiger partial charge is 0.320 e. The van der Waals surface area contributed by atoms with E-state index in [0.29, 0.717) is 0 Å². The van der Waals surface area contributed by atoms with Crippen molar-refractivity contribution in [1.82, 2.24) is 5.32 Å². The summed E-state index contributed by atoms with van der Waals surface area (Å²) in [7, 11) is 0. The lowest BCUT2D eigenvalue weighted by Gasteiger charge is -2.20. The average Bonchev–Trinajstić information content (AvgIpc) is 3.19. The highest BCUT2D eigenvalue weighted by atomic mass is 16.6. The van der Waals surface area contributed by atoms with E-state index in [-0.39, 0.29) is 17.6 Å². The topological polar surface area (TPSA) is 92.5 Å². The number of aliphatic carboxylic acids is 1. The van der Waals surface area contributed by atoms with E-state index < -0.39 is 16.9 Å². The van der Waals surface area contributed by atoms with E-state index in [1.807, 2.05) is 6.92 Å². The minimum atomic E-state index is -0.861. The van der Waals surface area contributed by atoms with Gasteiger partial charge >= 0.3 is 5.97 Å². The van der Waals surface area contributed by atoms with Gasteiger partial charge in [-0.25, -0.2) is 0 Å². The first-order valence-electron chi connectivity index (χ1n) is 6.22. The third-order valence-electron chi connectivity index (χ3n) is 3.37. The molecule has 1 aliphatic rings. The molecule has 2 N–H and O–H groups in total. The lowest BCUT2D eigenvalue weighted by molar-refractivity contribution is -0.384. The third-order valence-corrected chi connectivity index (χ3v) is 3.37. The number of carboxylic acid groups (broad SMARTS) is 1. The molecule has 2 unspecified atom stereocenters. The molecular formula is C13H16N2O4. The van der Waals surface area contributed by atoms with Gasteiger partial charge in [-0.05, 0) is 31.2 Å². The van der Waals surface area contributed by atoms with Crippen LogP contribution in [-0.4, -0.2) is 22.0 Å². The quantitative estimate of drug-likeness (QED) is 0.606. The number of benzene rings is 1. The maximum absolute atomic E-state index is 11.2. The summed E-state index contributed by atoms with van der Waals surface area (Å²) in [5.74, 6) is -0.682. The van der Waals surface area contributed by atoms with Crippen LogP contribution >= 0.6 is 0 Å². The SMILES string of the molecule is CC(NC(C(=O)O)C1CC1)c1cccc([N+](=O)[O-])c1. The zero-order chi connectivity index (χ0) is 14.0. The van der Waals surface area contributed by atoms with Gasteiger partial charge < -0.3 is 5.11 Å². The second-order valence-electron chi connectivity index (χ2n) is 4.89. The lowest BCUT2D eigenvalue weighted by atomic mass is 10.1. The van der Waals surface area contributed by atoms with Crippen molar-refractivity contribution in [2.45, 2.75) is 31.8 Å². The summed E-state index contributed by atoms with van der Waals surface area (Å²) in [6.07, 6.45) is 1.84. The van der Waals surface area contributed by atoms with Crippen molar-refractivity contribution in [2.24, 2.45) is 5.92 Å². The number of nitrogens with one attached hydrogen (secondary N) is 1. The fourth-order valence-corrected chi connectivity index (χ4v) is 2.11. The summed E-state index contributed by atoms with van der Waals surface area (Å²) in [5.41, 5.74) is 0.741. The number of nitro benzene ring substituents is 1. The molecule has 1 aliphatic carbocycles. The lowest BCUT2D eigenvalue weighted by Crippen LogP contribution is -2.40. The molecule has 6 nitrogen and oxygen atoms in total. The fraction of sp³-hybridized carbons (Fsp3) is 0.462. The number of carbonyl (C=O) groups is 1. The number of hydrogen-bond acceptors (Lipinski definition) is 4. The third kappa shape index (κ3) is 3.29. The fourth-order valence-electron chi connectivity index (χ4n) is 2.11. The molecule has 0 aromatic heterocycles. The molecule has 0 bridgehead atoms. The Labute approximate surface area is 110 Å². The Morgan fingerprint density at radius 1 is 1.53 bits per heavy atom. The Morgan fingerprint density at radius 3 is 2.74 bits per heavy atom. The molecule has 0 aliphatic heterocycles. The van der Waals surface area contributed by atoms with Gasteiger partial charge in [-0.3, -0.25) is 20.2 Å². The summed E-state index contributed by atoms with van der Waals surface area (Å²) in [5, 5.41) is 22.9. The van der Waals surface area contributed by atoms with Crippen LogP contribution in [0.25, 0.3) is 0 Å². The van der Waals surface area contributed by atoms with Crippen LogP contribution in [0, 0.1) is 16.0 Å². The highest BCUT2D eigenvalue weighted by Crippen LogP contribution is 2.34. The first-order valence-corrected chi connectivity index (χ1v) is 6.22. The van der Waals surface area contributed by atoms with Crippen LogP contribution in [0.1, 0.15) is 31.4 Å². The average molecular weight is 264 g/mol. The molecule has 0 spiro atoms. The summed E-state index contributed by atoms with van der Waals surface area (Å²) >= 11 is 0. The van der Waals surface area contributed by atoms with Crippen LogP contribution in [0.2, 0.25) is 0 Å². The van der Waals surface area contributed by atoms with E-state index in [1.165, 1.54) is 12.1 Å². The number of non-ortho nitro benzene ring substituents is 1. The Balaban J connectivity index is 2.10. The van der Waals surface area contributed by atoms with Crippen LogP contribution in [0.3, 0.4) is 0 Å². The molecule has 1 fully saturated rings. The molecule has 1 aromatic rings. The maximum atomic E-state index is 11.2. The second kappa shape index (κ2) is 5.36. The summed E-state index contributed by atoms with van der Waals surface area (Å²) < 4.78 is 0. The minimum absolute atomic E-state index is 0.0180. The monoisotopic (exact) mass is 264 g/mol. The normalized spacial score (nSPS) is 17.7. The van der Waals surface area contributed by atoms with Crippen LogP contribution in [0.4, 0.5) is 5.69 Å². The van der Waals surface area contributed by atoms with Crippen molar-refractivity contribution in [3.05, 3.63) is 39.9 Å². The number of hydrogen-bond donors (Lipinski definition) is 2. The predicted molar refractivity (Wildman–Crippen MR) is 68.8 cm³/mol. The Kier molecular flexibility index (Phi) is 3.80. The molecule has 0 heterocycles. The van der Waals surface area contributed by atoms with Gasteiger partial charge in [0, 0.05) is 18.2 Å². The maximum Gasteiger partial charge on any atom is 0.320 e. The van der Waals surface area contributed by atoms with Crippen molar-refractivity contribution in [1.29, 1.82) is 0 Å². The number of carboxylic acids is 1. The minimum Gasteiger partial charge on any atom is -0.480 e. The van der Waals surface area contributed by atoms with Crippen molar-refractivity contribution >= 4 is 11.7 Å². The first kappa shape index (κ1) is 13.5. The zero-order valence-corrected chi connectivity index (χ0v) is 10.6. The molecule has 0 radical (unpaired) electrons. The molecule has 2 atom stereocenters. The number of nitro groups is 1. The number of rotatable bonds is 6. The summed E-state index contributed by atoms with van der Waals surface area (Å²) in [6.45, 7) is 1.82. The number of nitrogens with zero attached hydrogens (tertiary/aromatic N) is 1. The largest absolute Gasteiger partial charge is 0.480 e. The van der Waals surface area contributed by atoms with Gasteiger partial charge in [-0.15, -0.1) is 0 Å². The molecule has 0 saturated heterocycles. The molecule has 1 saturated carbocycles.